The molecule has 15 heavy (non-hydrogen) atoms. The number of benzene rings is 1. The predicted molar refractivity (Wildman–Crippen MR) is 60.4 cm³/mol. The topological polar surface area (TPSA) is 26.0 Å². The summed E-state index contributed by atoms with van der Waals surface area (Å²) >= 11 is 5.46. The lowest BCUT2D eigenvalue weighted by atomic mass is 10.0. The third kappa shape index (κ3) is 3.45. The van der Waals surface area contributed by atoms with Crippen molar-refractivity contribution < 1.29 is 8.78 Å². The van der Waals surface area contributed by atoms with Crippen LogP contribution in [0.2, 0.25) is 5.02 Å². The number of hydrogen-bond acceptors (Lipinski definition) is 1. The highest BCUT2D eigenvalue weighted by atomic mass is 35.5. The van der Waals surface area contributed by atoms with Gasteiger partial charge in [-0.3, -0.25) is 0 Å². The molecule has 0 bridgehead atoms. The lowest BCUT2D eigenvalue weighted by molar-refractivity contribution is 0.527. The van der Waals surface area contributed by atoms with Crippen LogP contribution in [-0.2, 0) is 0 Å². The second kappa shape index (κ2) is 6.05. The predicted octanol–water partition coefficient (Wildman–Crippen LogP) is 3.62. The molecule has 1 atom stereocenters. The van der Waals surface area contributed by atoms with Crippen molar-refractivity contribution in [2.75, 3.05) is 0 Å². The van der Waals surface area contributed by atoms with E-state index in [1.807, 2.05) is 0 Å². The Hall–Kier alpha value is -0.640. The summed E-state index contributed by atoms with van der Waals surface area (Å²) in [5.74, 6) is -1.44. The van der Waals surface area contributed by atoms with E-state index in [2.05, 4.69) is 6.58 Å². The molecule has 0 fully saturated rings. The van der Waals surface area contributed by atoms with Crippen molar-refractivity contribution in [3.8, 4) is 0 Å². The van der Waals surface area contributed by atoms with E-state index in [1.54, 1.807) is 0 Å². The SMILES string of the molecule is C=CC[C@@H](N)c1c(F)cc(Cl)cc1F.Cl. The molecule has 0 aromatic heterocycles. The van der Waals surface area contributed by atoms with Crippen LogP contribution >= 0.6 is 24.0 Å². The van der Waals surface area contributed by atoms with Crippen molar-refractivity contribution in [3.05, 3.63) is 47.0 Å². The largest absolute Gasteiger partial charge is 0.324 e. The van der Waals surface area contributed by atoms with Gasteiger partial charge in [-0.2, -0.15) is 0 Å². The van der Waals surface area contributed by atoms with Gasteiger partial charge >= 0.3 is 0 Å². The fraction of sp³-hybridized carbons (Fsp3) is 0.200. The van der Waals surface area contributed by atoms with Crippen LogP contribution in [-0.4, -0.2) is 0 Å². The third-order valence-electron chi connectivity index (χ3n) is 1.84. The molecule has 5 heteroatoms. The molecule has 0 saturated carbocycles. The maximum atomic E-state index is 13.2. The normalized spacial score (nSPS) is 11.7. The van der Waals surface area contributed by atoms with Gasteiger partial charge in [0.25, 0.3) is 0 Å². The summed E-state index contributed by atoms with van der Waals surface area (Å²) in [7, 11) is 0. The van der Waals surface area contributed by atoms with Gasteiger partial charge in [-0.05, 0) is 18.6 Å². The van der Waals surface area contributed by atoms with Crippen LogP contribution in [0.4, 0.5) is 8.78 Å². The monoisotopic (exact) mass is 253 g/mol. The average molecular weight is 254 g/mol. The summed E-state index contributed by atoms with van der Waals surface area (Å²) in [6.07, 6.45) is 1.83. The molecule has 1 nitrogen and oxygen atoms in total. The summed E-state index contributed by atoms with van der Waals surface area (Å²) in [6.45, 7) is 3.45. The molecule has 0 aliphatic rings. The number of hydrogen-bond donors (Lipinski definition) is 1. The molecule has 84 valence electrons. The molecular weight excluding hydrogens is 243 g/mol. The van der Waals surface area contributed by atoms with Crippen molar-refractivity contribution in [1.29, 1.82) is 0 Å². The summed E-state index contributed by atoms with van der Waals surface area (Å²) < 4.78 is 26.5. The molecule has 0 radical (unpaired) electrons. The van der Waals surface area contributed by atoms with Gasteiger partial charge in [0, 0.05) is 16.6 Å². The summed E-state index contributed by atoms with van der Waals surface area (Å²) in [5.41, 5.74) is 5.42. The molecule has 0 unspecified atom stereocenters. The Morgan fingerprint density at radius 2 is 1.87 bits per heavy atom. The van der Waals surface area contributed by atoms with Crippen molar-refractivity contribution in [2.24, 2.45) is 5.73 Å². The van der Waals surface area contributed by atoms with E-state index in [9.17, 15) is 8.78 Å². The first-order valence-electron chi connectivity index (χ1n) is 4.07. The molecule has 0 aliphatic carbocycles. The van der Waals surface area contributed by atoms with Gasteiger partial charge in [-0.15, -0.1) is 19.0 Å². The summed E-state index contributed by atoms with van der Waals surface area (Å²) in [5, 5.41) is 0.0227. The Balaban J connectivity index is 0.00000196. The molecule has 1 aromatic rings. The Morgan fingerprint density at radius 3 is 2.27 bits per heavy atom. The molecule has 0 spiro atoms. The van der Waals surface area contributed by atoms with Gasteiger partial charge < -0.3 is 5.73 Å². The van der Waals surface area contributed by atoms with Crippen molar-refractivity contribution in [1.82, 2.24) is 0 Å². The quantitative estimate of drug-likeness (QED) is 0.819. The Bertz CT molecular complexity index is 332. The van der Waals surface area contributed by atoms with E-state index < -0.39 is 17.7 Å². The van der Waals surface area contributed by atoms with E-state index >= 15 is 0 Å². The first-order valence-corrected chi connectivity index (χ1v) is 4.45. The summed E-state index contributed by atoms with van der Waals surface area (Å²) in [4.78, 5) is 0. The third-order valence-corrected chi connectivity index (χ3v) is 2.05. The highest BCUT2D eigenvalue weighted by Crippen LogP contribution is 2.25. The molecule has 1 aromatic carbocycles. The Labute approximate surface area is 98.3 Å². The lowest BCUT2D eigenvalue weighted by Crippen LogP contribution is -2.13. The average Bonchev–Trinajstić information content (AvgIpc) is 2.01. The maximum Gasteiger partial charge on any atom is 0.132 e. The van der Waals surface area contributed by atoms with Crippen LogP contribution in [0.25, 0.3) is 0 Å². The fourth-order valence-corrected chi connectivity index (χ4v) is 1.40. The summed E-state index contributed by atoms with van der Waals surface area (Å²) in [6, 6.07) is 1.37. The standard InChI is InChI=1S/C10H10ClF2N.ClH/c1-2-3-9(14)10-7(12)4-6(11)5-8(10)13;/h2,4-5,9H,1,3,14H2;1H/t9-;/m1./s1. The minimum absolute atomic E-state index is 0. The number of nitrogens with two attached hydrogens (primary N) is 1. The second-order valence-corrected chi connectivity index (χ2v) is 3.35. The van der Waals surface area contributed by atoms with E-state index in [0.29, 0.717) is 6.42 Å². The first-order chi connectivity index (χ1) is 6.56. The Kier molecular flexibility index (Phi) is 5.80. The number of halogens is 4. The zero-order chi connectivity index (χ0) is 10.7. The van der Waals surface area contributed by atoms with Gasteiger partial charge in [0.05, 0.1) is 0 Å². The smallest absolute Gasteiger partial charge is 0.132 e. The maximum absolute atomic E-state index is 13.2. The minimum atomic E-state index is -0.718. The van der Waals surface area contributed by atoms with Gasteiger partial charge in [0.1, 0.15) is 11.6 Å². The van der Waals surface area contributed by atoms with Crippen LogP contribution in [0, 0.1) is 11.6 Å². The molecular formula is C10H11Cl2F2N. The lowest BCUT2D eigenvalue weighted by Gasteiger charge is -2.11. The second-order valence-electron chi connectivity index (χ2n) is 2.91. The minimum Gasteiger partial charge on any atom is -0.324 e. The van der Waals surface area contributed by atoms with Gasteiger partial charge in [-0.1, -0.05) is 17.7 Å². The van der Waals surface area contributed by atoms with Crippen LogP contribution in [0.5, 0.6) is 0 Å². The Morgan fingerprint density at radius 1 is 1.40 bits per heavy atom. The highest BCUT2D eigenvalue weighted by Gasteiger charge is 2.16. The van der Waals surface area contributed by atoms with Crippen LogP contribution in [0.3, 0.4) is 0 Å². The zero-order valence-corrected chi connectivity index (χ0v) is 9.42. The van der Waals surface area contributed by atoms with E-state index in [4.69, 9.17) is 17.3 Å². The molecule has 0 aliphatic heterocycles. The van der Waals surface area contributed by atoms with Gasteiger partial charge in [0.15, 0.2) is 0 Å². The zero-order valence-electron chi connectivity index (χ0n) is 7.84. The van der Waals surface area contributed by atoms with Crippen LogP contribution in [0.1, 0.15) is 18.0 Å². The van der Waals surface area contributed by atoms with E-state index in [1.165, 1.54) is 6.08 Å². The molecule has 0 amide bonds. The van der Waals surface area contributed by atoms with E-state index in [0.717, 1.165) is 12.1 Å². The fourth-order valence-electron chi connectivity index (χ4n) is 1.20. The van der Waals surface area contributed by atoms with Crippen LogP contribution < -0.4 is 5.73 Å². The molecule has 1 rings (SSSR count). The van der Waals surface area contributed by atoms with Gasteiger partial charge in [-0.25, -0.2) is 8.78 Å². The number of rotatable bonds is 3. The van der Waals surface area contributed by atoms with E-state index in [-0.39, 0.29) is 23.0 Å². The van der Waals surface area contributed by atoms with Crippen molar-refractivity contribution >= 4 is 24.0 Å². The molecule has 2 N–H and O–H groups in total. The van der Waals surface area contributed by atoms with Crippen molar-refractivity contribution in [2.45, 2.75) is 12.5 Å². The first kappa shape index (κ1) is 14.4. The van der Waals surface area contributed by atoms with Crippen LogP contribution in [0.15, 0.2) is 24.8 Å². The highest BCUT2D eigenvalue weighted by molar-refractivity contribution is 6.30. The molecule has 0 saturated heterocycles. The van der Waals surface area contributed by atoms with Crippen molar-refractivity contribution in [3.63, 3.8) is 0 Å². The van der Waals surface area contributed by atoms with Gasteiger partial charge in [0.2, 0.25) is 0 Å². The molecule has 0 heterocycles.